The fraction of sp³-hybridized carbons (Fsp3) is 0.269. The van der Waals surface area contributed by atoms with Crippen LogP contribution in [-0.4, -0.2) is 21.1 Å². The standard InChI is InChI=1S/C26H26ClN5O/c1-6-22(18-8-7-9-19-17(18)10-11-32(5)25(19)33)31-16-12-20-23(21(27)13-16)29-15-30-24(20)28-14-26(2,3)4/h1,7-13,15,22,31H,14H2,2-5H3,(H,28,29,30)/t22-/m1/s1. The van der Waals surface area contributed by atoms with Crippen molar-refractivity contribution in [3.05, 3.63) is 69.9 Å². The molecule has 0 fully saturated rings. The van der Waals surface area contributed by atoms with Crippen LogP contribution in [0, 0.1) is 17.8 Å². The first-order valence-corrected chi connectivity index (χ1v) is 11.0. The molecule has 2 heterocycles. The number of pyridine rings is 1. The highest BCUT2D eigenvalue weighted by Crippen LogP contribution is 2.33. The molecular weight excluding hydrogens is 434 g/mol. The summed E-state index contributed by atoms with van der Waals surface area (Å²) in [7, 11) is 1.73. The van der Waals surface area contributed by atoms with Gasteiger partial charge >= 0.3 is 0 Å². The summed E-state index contributed by atoms with van der Waals surface area (Å²) in [5.74, 6) is 3.52. The lowest BCUT2D eigenvalue weighted by molar-refractivity contribution is 0.442. The maximum absolute atomic E-state index is 12.6. The highest BCUT2D eigenvalue weighted by molar-refractivity contribution is 6.35. The van der Waals surface area contributed by atoms with Gasteiger partial charge in [0.25, 0.3) is 5.56 Å². The Morgan fingerprint density at radius 2 is 1.94 bits per heavy atom. The van der Waals surface area contributed by atoms with Crippen LogP contribution in [0.25, 0.3) is 21.7 Å². The van der Waals surface area contributed by atoms with E-state index in [1.807, 2.05) is 30.3 Å². The zero-order valence-corrected chi connectivity index (χ0v) is 19.9. The maximum atomic E-state index is 12.6. The van der Waals surface area contributed by atoms with E-state index in [1.165, 1.54) is 6.33 Å². The van der Waals surface area contributed by atoms with E-state index in [2.05, 4.69) is 47.3 Å². The first kappa shape index (κ1) is 22.6. The van der Waals surface area contributed by atoms with Crippen LogP contribution in [0.1, 0.15) is 32.4 Å². The smallest absolute Gasteiger partial charge is 0.258 e. The molecule has 0 amide bonds. The van der Waals surface area contributed by atoms with Crippen LogP contribution >= 0.6 is 11.6 Å². The molecule has 4 rings (SSSR count). The summed E-state index contributed by atoms with van der Waals surface area (Å²) in [5.41, 5.74) is 2.27. The Labute approximate surface area is 198 Å². The Hall–Kier alpha value is -3.56. The third-order valence-corrected chi connectivity index (χ3v) is 5.71. The van der Waals surface area contributed by atoms with E-state index in [0.29, 0.717) is 21.7 Å². The Balaban J connectivity index is 1.75. The lowest BCUT2D eigenvalue weighted by Crippen LogP contribution is -2.19. The molecule has 168 valence electrons. The molecule has 0 unspecified atom stereocenters. The average Bonchev–Trinajstić information content (AvgIpc) is 2.78. The van der Waals surface area contributed by atoms with Gasteiger partial charge in [-0.15, -0.1) is 6.42 Å². The van der Waals surface area contributed by atoms with E-state index in [0.717, 1.165) is 28.6 Å². The molecule has 0 bridgehead atoms. The summed E-state index contributed by atoms with van der Waals surface area (Å²) < 4.78 is 1.56. The fourth-order valence-electron chi connectivity index (χ4n) is 3.72. The molecule has 0 aliphatic carbocycles. The van der Waals surface area contributed by atoms with Crippen molar-refractivity contribution in [2.24, 2.45) is 12.5 Å². The summed E-state index contributed by atoms with van der Waals surface area (Å²) in [6.45, 7) is 7.20. The molecule has 0 saturated carbocycles. The van der Waals surface area contributed by atoms with E-state index < -0.39 is 6.04 Å². The number of aryl methyl sites for hydroxylation is 1. The Morgan fingerprint density at radius 3 is 2.67 bits per heavy atom. The fourth-order valence-corrected chi connectivity index (χ4v) is 3.99. The number of halogens is 1. The van der Waals surface area contributed by atoms with Gasteiger partial charge < -0.3 is 15.2 Å². The van der Waals surface area contributed by atoms with Crippen molar-refractivity contribution in [3.63, 3.8) is 0 Å². The van der Waals surface area contributed by atoms with E-state index >= 15 is 0 Å². The quantitative estimate of drug-likeness (QED) is 0.392. The Morgan fingerprint density at radius 1 is 1.15 bits per heavy atom. The van der Waals surface area contributed by atoms with Crippen LogP contribution in [-0.2, 0) is 7.05 Å². The second-order valence-electron chi connectivity index (χ2n) is 9.28. The molecule has 7 heteroatoms. The molecule has 0 aliphatic rings. The van der Waals surface area contributed by atoms with Gasteiger partial charge in [-0.05, 0) is 40.6 Å². The van der Waals surface area contributed by atoms with Crippen molar-refractivity contribution >= 4 is 44.8 Å². The number of terminal acetylenes is 1. The van der Waals surface area contributed by atoms with Gasteiger partial charge in [-0.2, -0.15) is 0 Å². The summed E-state index contributed by atoms with van der Waals surface area (Å²) in [5, 5.41) is 9.54. The normalized spacial score (nSPS) is 12.5. The maximum Gasteiger partial charge on any atom is 0.258 e. The minimum absolute atomic E-state index is 0.0643. The molecule has 0 aliphatic heterocycles. The number of nitrogens with one attached hydrogen (secondary N) is 2. The minimum Gasteiger partial charge on any atom is -0.369 e. The molecule has 0 radical (unpaired) electrons. The van der Waals surface area contributed by atoms with E-state index in [4.69, 9.17) is 18.0 Å². The number of hydrogen-bond acceptors (Lipinski definition) is 5. The van der Waals surface area contributed by atoms with Gasteiger partial charge in [0.2, 0.25) is 0 Å². The summed E-state index contributed by atoms with van der Waals surface area (Å²) in [6, 6.07) is 10.8. The topological polar surface area (TPSA) is 71.8 Å². The number of benzene rings is 2. The average molecular weight is 460 g/mol. The van der Waals surface area contributed by atoms with Crippen molar-refractivity contribution in [2.45, 2.75) is 26.8 Å². The van der Waals surface area contributed by atoms with Gasteiger partial charge in [-0.3, -0.25) is 4.79 Å². The van der Waals surface area contributed by atoms with Crippen LogP contribution < -0.4 is 16.2 Å². The van der Waals surface area contributed by atoms with Crippen LogP contribution in [0.3, 0.4) is 0 Å². The molecule has 6 nitrogen and oxygen atoms in total. The Bertz CT molecular complexity index is 1450. The van der Waals surface area contributed by atoms with Crippen LogP contribution in [0.5, 0.6) is 0 Å². The largest absolute Gasteiger partial charge is 0.369 e. The predicted molar refractivity (Wildman–Crippen MR) is 137 cm³/mol. The molecule has 2 N–H and O–H groups in total. The number of nitrogens with zero attached hydrogens (tertiary/aromatic N) is 3. The third kappa shape index (κ3) is 4.64. The SMILES string of the molecule is C#C[C@@H](Nc1cc(Cl)c2ncnc(NCC(C)(C)C)c2c1)c1cccc2c(=O)n(C)ccc12. The Kier molecular flexibility index (Phi) is 6.01. The number of anilines is 2. The van der Waals surface area contributed by atoms with Gasteiger partial charge in [0.1, 0.15) is 18.2 Å². The number of rotatable bonds is 5. The third-order valence-electron chi connectivity index (χ3n) is 5.42. The molecule has 1 atom stereocenters. The number of hydrogen-bond donors (Lipinski definition) is 2. The molecule has 0 spiro atoms. The van der Waals surface area contributed by atoms with E-state index in [1.54, 1.807) is 23.9 Å². The molecule has 4 aromatic rings. The highest BCUT2D eigenvalue weighted by atomic mass is 35.5. The summed E-state index contributed by atoms with van der Waals surface area (Å²) >= 11 is 6.58. The van der Waals surface area contributed by atoms with Gasteiger partial charge in [0.15, 0.2) is 0 Å². The van der Waals surface area contributed by atoms with Crippen LogP contribution in [0.2, 0.25) is 5.02 Å². The van der Waals surface area contributed by atoms with Gasteiger partial charge in [0.05, 0.1) is 10.5 Å². The molecule has 0 saturated heterocycles. The number of aromatic nitrogens is 3. The monoisotopic (exact) mass is 459 g/mol. The zero-order valence-electron chi connectivity index (χ0n) is 19.1. The van der Waals surface area contributed by atoms with Crippen molar-refractivity contribution in [2.75, 3.05) is 17.2 Å². The van der Waals surface area contributed by atoms with Crippen molar-refractivity contribution in [1.82, 2.24) is 14.5 Å². The molecule has 2 aromatic carbocycles. The minimum atomic E-state index is -0.468. The molecule has 33 heavy (non-hydrogen) atoms. The first-order chi connectivity index (χ1) is 15.7. The van der Waals surface area contributed by atoms with Crippen molar-refractivity contribution in [1.29, 1.82) is 0 Å². The zero-order chi connectivity index (χ0) is 23.8. The molecule has 2 aromatic heterocycles. The lowest BCUT2D eigenvalue weighted by atomic mass is 9.97. The molecular formula is C26H26ClN5O. The van der Waals surface area contributed by atoms with Gasteiger partial charge in [-0.25, -0.2) is 9.97 Å². The van der Waals surface area contributed by atoms with Crippen molar-refractivity contribution in [3.8, 4) is 12.3 Å². The van der Waals surface area contributed by atoms with E-state index in [-0.39, 0.29) is 11.0 Å². The lowest BCUT2D eigenvalue weighted by Gasteiger charge is -2.21. The predicted octanol–water partition coefficient (Wildman–Crippen LogP) is 5.38. The van der Waals surface area contributed by atoms with Gasteiger partial charge in [-0.1, -0.05) is 50.4 Å². The van der Waals surface area contributed by atoms with Crippen molar-refractivity contribution < 1.29 is 0 Å². The highest BCUT2D eigenvalue weighted by Gasteiger charge is 2.17. The summed E-state index contributed by atoms with van der Waals surface area (Å²) in [6.07, 6.45) is 9.18. The summed E-state index contributed by atoms with van der Waals surface area (Å²) in [4.78, 5) is 21.3. The second kappa shape index (κ2) is 8.76. The van der Waals surface area contributed by atoms with Crippen LogP contribution in [0.4, 0.5) is 11.5 Å². The van der Waals surface area contributed by atoms with Crippen LogP contribution in [0.15, 0.2) is 53.7 Å². The van der Waals surface area contributed by atoms with Gasteiger partial charge in [0, 0.05) is 36.2 Å². The van der Waals surface area contributed by atoms with E-state index in [9.17, 15) is 4.79 Å². The number of fused-ring (bicyclic) bond motifs is 2. The second-order valence-corrected chi connectivity index (χ2v) is 9.68. The first-order valence-electron chi connectivity index (χ1n) is 10.7.